The molecule has 160 valence electrons. The summed E-state index contributed by atoms with van der Waals surface area (Å²) in [5.74, 6) is 1.57. The second-order valence-electron chi connectivity index (χ2n) is 7.91. The first kappa shape index (κ1) is 19.7. The SMILES string of the molecule is CC1=C(C(=O)Nc2ccc(C)cc2C)[C@@H](c2ccc3c(c2)OCO3)n2ncc(C#N)c2N1. The first-order chi connectivity index (χ1) is 15.5. The van der Waals surface area contributed by atoms with Crippen molar-refractivity contribution in [3.05, 3.63) is 76.1 Å². The Labute approximate surface area is 185 Å². The summed E-state index contributed by atoms with van der Waals surface area (Å²) in [6, 6.07) is 13.1. The highest BCUT2D eigenvalue weighted by molar-refractivity contribution is 6.06. The minimum atomic E-state index is -0.548. The second-order valence-corrected chi connectivity index (χ2v) is 7.91. The number of hydrogen-bond donors (Lipinski definition) is 2. The average Bonchev–Trinajstić information content (AvgIpc) is 3.40. The number of rotatable bonds is 3. The van der Waals surface area contributed by atoms with E-state index >= 15 is 0 Å². The lowest BCUT2D eigenvalue weighted by Crippen LogP contribution is -2.31. The molecule has 0 unspecified atom stereocenters. The van der Waals surface area contributed by atoms with Crippen LogP contribution in [0.15, 0.2) is 53.9 Å². The Morgan fingerprint density at radius 1 is 1.19 bits per heavy atom. The quantitative estimate of drug-likeness (QED) is 0.655. The van der Waals surface area contributed by atoms with Gasteiger partial charge < -0.3 is 20.1 Å². The number of nitrogens with one attached hydrogen (secondary N) is 2. The van der Waals surface area contributed by atoms with Gasteiger partial charge >= 0.3 is 0 Å². The molecule has 0 aliphatic carbocycles. The van der Waals surface area contributed by atoms with E-state index in [2.05, 4.69) is 21.8 Å². The number of aromatic nitrogens is 2. The van der Waals surface area contributed by atoms with E-state index in [0.717, 1.165) is 22.4 Å². The maximum atomic E-state index is 13.5. The first-order valence-electron chi connectivity index (χ1n) is 10.2. The van der Waals surface area contributed by atoms with Crippen LogP contribution in [0.4, 0.5) is 11.5 Å². The Morgan fingerprint density at radius 2 is 2.00 bits per heavy atom. The number of ether oxygens (including phenoxy) is 2. The van der Waals surface area contributed by atoms with Crippen LogP contribution >= 0.6 is 0 Å². The molecule has 0 saturated heterocycles. The van der Waals surface area contributed by atoms with Crippen molar-refractivity contribution in [1.29, 1.82) is 5.26 Å². The van der Waals surface area contributed by atoms with Gasteiger partial charge in [-0.25, -0.2) is 4.68 Å². The van der Waals surface area contributed by atoms with Crippen LogP contribution < -0.4 is 20.1 Å². The minimum Gasteiger partial charge on any atom is -0.454 e. The van der Waals surface area contributed by atoms with E-state index in [1.165, 1.54) is 6.20 Å². The van der Waals surface area contributed by atoms with Crippen molar-refractivity contribution in [2.75, 3.05) is 17.4 Å². The number of anilines is 2. The Morgan fingerprint density at radius 3 is 2.78 bits per heavy atom. The summed E-state index contributed by atoms with van der Waals surface area (Å²) >= 11 is 0. The number of carbonyl (C=O) groups excluding carboxylic acids is 1. The first-order valence-corrected chi connectivity index (χ1v) is 10.2. The number of allylic oxidation sites excluding steroid dienone is 1. The molecule has 1 atom stereocenters. The fraction of sp³-hybridized carbons (Fsp3) is 0.208. The summed E-state index contributed by atoms with van der Waals surface area (Å²) in [5, 5.41) is 20.2. The van der Waals surface area contributed by atoms with Gasteiger partial charge in [0.25, 0.3) is 5.91 Å². The second kappa shape index (κ2) is 7.46. The fourth-order valence-electron chi connectivity index (χ4n) is 4.17. The zero-order chi connectivity index (χ0) is 22.4. The smallest absolute Gasteiger partial charge is 0.255 e. The van der Waals surface area contributed by atoms with Crippen LogP contribution in [0.25, 0.3) is 0 Å². The van der Waals surface area contributed by atoms with Gasteiger partial charge in [-0.15, -0.1) is 0 Å². The van der Waals surface area contributed by atoms with E-state index < -0.39 is 6.04 Å². The van der Waals surface area contributed by atoms with E-state index in [0.29, 0.717) is 34.2 Å². The summed E-state index contributed by atoms with van der Waals surface area (Å²) < 4.78 is 12.7. The number of carbonyl (C=O) groups is 1. The number of amides is 1. The molecule has 0 saturated carbocycles. The van der Waals surface area contributed by atoms with Gasteiger partial charge in [0.15, 0.2) is 11.5 Å². The molecule has 0 bridgehead atoms. The number of nitrogens with zero attached hydrogens (tertiary/aromatic N) is 3. The third kappa shape index (κ3) is 3.15. The normalized spacial score (nSPS) is 16.2. The molecule has 0 spiro atoms. The standard InChI is InChI=1S/C24H21N5O3/c1-13-4-6-18(14(2)8-13)28-24(30)21-15(3)27-23-17(10-25)11-26-29(23)22(21)16-5-7-19-20(9-16)32-12-31-19/h4-9,11,22,27H,12H2,1-3H3,(H,28,30)/t22-/m1/s1. The molecular weight excluding hydrogens is 406 g/mol. The molecule has 32 heavy (non-hydrogen) atoms. The summed E-state index contributed by atoms with van der Waals surface area (Å²) in [4.78, 5) is 13.5. The van der Waals surface area contributed by atoms with E-state index in [4.69, 9.17) is 9.47 Å². The summed E-state index contributed by atoms with van der Waals surface area (Å²) in [6.45, 7) is 5.96. The monoisotopic (exact) mass is 427 g/mol. The molecule has 2 N–H and O–H groups in total. The number of benzene rings is 2. The van der Waals surface area contributed by atoms with Gasteiger partial charge in [-0.3, -0.25) is 4.79 Å². The number of fused-ring (bicyclic) bond motifs is 2. The van der Waals surface area contributed by atoms with Crippen molar-refractivity contribution in [2.24, 2.45) is 0 Å². The van der Waals surface area contributed by atoms with Crippen molar-refractivity contribution < 1.29 is 14.3 Å². The molecule has 1 aromatic heterocycles. The maximum Gasteiger partial charge on any atom is 0.255 e. The maximum absolute atomic E-state index is 13.5. The van der Waals surface area contributed by atoms with E-state index in [9.17, 15) is 10.1 Å². The zero-order valence-corrected chi connectivity index (χ0v) is 17.9. The van der Waals surface area contributed by atoms with Crippen molar-refractivity contribution >= 4 is 17.4 Å². The van der Waals surface area contributed by atoms with Gasteiger partial charge in [0.05, 0.1) is 11.8 Å². The van der Waals surface area contributed by atoms with Gasteiger partial charge in [-0.2, -0.15) is 10.4 Å². The molecule has 2 aromatic carbocycles. The number of nitriles is 1. The Bertz CT molecular complexity index is 1330. The van der Waals surface area contributed by atoms with Crippen LogP contribution in [0.3, 0.4) is 0 Å². The molecule has 3 aromatic rings. The van der Waals surface area contributed by atoms with Crippen LogP contribution in [0, 0.1) is 25.2 Å². The third-order valence-electron chi connectivity index (χ3n) is 5.73. The fourth-order valence-corrected chi connectivity index (χ4v) is 4.17. The molecule has 8 heteroatoms. The zero-order valence-electron chi connectivity index (χ0n) is 17.9. The van der Waals surface area contributed by atoms with Crippen LogP contribution in [0.1, 0.15) is 35.2 Å². The predicted octanol–water partition coefficient (Wildman–Crippen LogP) is 4.03. The van der Waals surface area contributed by atoms with Crippen molar-refractivity contribution in [2.45, 2.75) is 26.8 Å². The summed E-state index contributed by atoms with van der Waals surface area (Å²) in [5.41, 5.74) is 5.21. The molecule has 0 radical (unpaired) electrons. The van der Waals surface area contributed by atoms with Gasteiger partial charge in [-0.05, 0) is 50.1 Å². The van der Waals surface area contributed by atoms with Gasteiger partial charge in [0.2, 0.25) is 6.79 Å². The lowest BCUT2D eigenvalue weighted by molar-refractivity contribution is -0.113. The molecule has 2 aliphatic rings. The van der Waals surface area contributed by atoms with E-state index in [1.54, 1.807) is 4.68 Å². The molecule has 3 heterocycles. The predicted molar refractivity (Wildman–Crippen MR) is 119 cm³/mol. The van der Waals surface area contributed by atoms with Crippen LogP contribution in [-0.2, 0) is 4.79 Å². The number of hydrogen-bond acceptors (Lipinski definition) is 6. The van der Waals surface area contributed by atoms with Crippen molar-refractivity contribution in [3.8, 4) is 17.6 Å². The van der Waals surface area contributed by atoms with Gasteiger partial charge in [-0.1, -0.05) is 23.8 Å². The Kier molecular flexibility index (Phi) is 4.59. The summed E-state index contributed by atoms with van der Waals surface area (Å²) in [7, 11) is 0. The molecule has 0 fully saturated rings. The van der Waals surface area contributed by atoms with Crippen LogP contribution in [0.2, 0.25) is 0 Å². The van der Waals surface area contributed by atoms with E-state index in [1.807, 2.05) is 57.2 Å². The lowest BCUT2D eigenvalue weighted by Gasteiger charge is -2.30. The largest absolute Gasteiger partial charge is 0.454 e. The highest BCUT2D eigenvalue weighted by Crippen LogP contribution is 2.41. The molecule has 1 amide bonds. The minimum absolute atomic E-state index is 0.158. The van der Waals surface area contributed by atoms with E-state index in [-0.39, 0.29) is 12.7 Å². The van der Waals surface area contributed by atoms with Gasteiger partial charge in [0, 0.05) is 11.4 Å². The average molecular weight is 427 g/mol. The summed E-state index contributed by atoms with van der Waals surface area (Å²) in [6.07, 6.45) is 1.50. The van der Waals surface area contributed by atoms with Gasteiger partial charge in [0.1, 0.15) is 23.5 Å². The van der Waals surface area contributed by atoms with Crippen LogP contribution in [0.5, 0.6) is 11.5 Å². The molecule has 8 nitrogen and oxygen atoms in total. The van der Waals surface area contributed by atoms with Crippen molar-refractivity contribution in [3.63, 3.8) is 0 Å². The Hall–Kier alpha value is -4.25. The van der Waals surface area contributed by atoms with Crippen LogP contribution in [-0.4, -0.2) is 22.5 Å². The van der Waals surface area contributed by atoms with Crippen molar-refractivity contribution in [1.82, 2.24) is 9.78 Å². The molecule has 5 rings (SSSR count). The third-order valence-corrected chi connectivity index (χ3v) is 5.73. The molecular formula is C24H21N5O3. The lowest BCUT2D eigenvalue weighted by atomic mass is 9.94. The highest BCUT2D eigenvalue weighted by Gasteiger charge is 2.35. The highest BCUT2D eigenvalue weighted by atomic mass is 16.7. The topological polar surface area (TPSA) is 101 Å². The Balaban J connectivity index is 1.61. The molecule has 2 aliphatic heterocycles. The number of aryl methyl sites for hydroxylation is 2.